The molecule has 0 aliphatic carbocycles. The summed E-state index contributed by atoms with van der Waals surface area (Å²) in [7, 11) is 0. The summed E-state index contributed by atoms with van der Waals surface area (Å²) < 4.78 is 9.90. The van der Waals surface area contributed by atoms with Crippen molar-refractivity contribution in [2.24, 2.45) is 0 Å². The number of imide groups is 1. The number of carbonyl (C=O) groups excluding carboxylic acids is 4. The fourth-order valence-electron chi connectivity index (χ4n) is 2.98. The summed E-state index contributed by atoms with van der Waals surface area (Å²) in [4.78, 5) is 49.8. The van der Waals surface area contributed by atoms with Gasteiger partial charge in [0.2, 0.25) is 6.10 Å². The lowest BCUT2D eigenvalue weighted by Gasteiger charge is -2.15. The van der Waals surface area contributed by atoms with Crippen LogP contribution in [-0.2, 0) is 14.3 Å². The highest BCUT2D eigenvalue weighted by molar-refractivity contribution is 6.34. The summed E-state index contributed by atoms with van der Waals surface area (Å²) >= 11 is 0. The van der Waals surface area contributed by atoms with Crippen LogP contribution in [0, 0.1) is 0 Å². The van der Waals surface area contributed by atoms with E-state index in [1.54, 1.807) is 36.4 Å². The van der Waals surface area contributed by atoms with Crippen molar-refractivity contribution in [3.8, 4) is 0 Å². The van der Waals surface area contributed by atoms with Crippen LogP contribution in [0.2, 0.25) is 0 Å². The predicted octanol–water partition coefficient (Wildman–Crippen LogP) is 1.96. The minimum atomic E-state index is -0.925. The van der Waals surface area contributed by atoms with Crippen molar-refractivity contribution in [1.29, 1.82) is 0 Å². The van der Waals surface area contributed by atoms with Crippen LogP contribution in [0.5, 0.6) is 0 Å². The number of nitrogens with zero attached hydrogens (tertiary/aromatic N) is 1. The highest BCUT2D eigenvalue weighted by Gasteiger charge is 2.36. The van der Waals surface area contributed by atoms with Crippen LogP contribution in [0.25, 0.3) is 0 Å². The van der Waals surface area contributed by atoms with Crippen molar-refractivity contribution in [3.05, 3.63) is 65.2 Å². The molecule has 1 fully saturated rings. The number of amides is 2. The largest absolute Gasteiger partial charge is 0.463 e. The highest BCUT2D eigenvalue weighted by atomic mass is 16.6. The molecule has 2 aliphatic rings. The Morgan fingerprint density at radius 3 is 2.31 bits per heavy atom. The third-order valence-electron chi connectivity index (χ3n) is 4.27. The van der Waals surface area contributed by atoms with E-state index >= 15 is 0 Å². The fourth-order valence-corrected chi connectivity index (χ4v) is 2.98. The van der Waals surface area contributed by atoms with Gasteiger partial charge in [0.1, 0.15) is 0 Å². The van der Waals surface area contributed by atoms with Gasteiger partial charge in [0.25, 0.3) is 11.8 Å². The van der Waals surface area contributed by atoms with E-state index in [1.165, 1.54) is 12.1 Å². The molecule has 0 bridgehead atoms. The van der Waals surface area contributed by atoms with Gasteiger partial charge in [-0.2, -0.15) is 0 Å². The van der Waals surface area contributed by atoms with Crippen LogP contribution in [0.1, 0.15) is 37.5 Å². The van der Waals surface area contributed by atoms with Gasteiger partial charge < -0.3 is 9.47 Å². The molecule has 26 heavy (non-hydrogen) atoms. The molecule has 1 saturated heterocycles. The van der Waals surface area contributed by atoms with Crippen molar-refractivity contribution in [2.45, 2.75) is 12.5 Å². The standard InChI is InChI=1S/C19H13NO6/c21-16-13-6-1-2-7-14(13)17(22)20(16)12-5-3-4-11(10-12)18(23)26-15-8-9-25-19(15)24/h1-7,10,15H,8-9H2. The van der Waals surface area contributed by atoms with E-state index in [9.17, 15) is 19.2 Å². The lowest BCUT2D eigenvalue weighted by Crippen LogP contribution is -2.29. The number of benzene rings is 2. The molecule has 2 aromatic rings. The third-order valence-corrected chi connectivity index (χ3v) is 4.27. The van der Waals surface area contributed by atoms with E-state index in [0.29, 0.717) is 17.5 Å². The number of carbonyl (C=O) groups is 4. The molecule has 0 saturated carbocycles. The van der Waals surface area contributed by atoms with E-state index in [0.717, 1.165) is 4.90 Å². The Morgan fingerprint density at radius 2 is 1.69 bits per heavy atom. The first-order valence-corrected chi connectivity index (χ1v) is 8.02. The van der Waals surface area contributed by atoms with Gasteiger partial charge in [0.05, 0.1) is 29.0 Å². The van der Waals surface area contributed by atoms with E-state index in [2.05, 4.69) is 0 Å². The Hall–Kier alpha value is -3.48. The number of hydrogen-bond donors (Lipinski definition) is 0. The Labute approximate surface area is 148 Å². The second-order valence-corrected chi connectivity index (χ2v) is 5.89. The quantitative estimate of drug-likeness (QED) is 0.620. The average molecular weight is 351 g/mol. The zero-order chi connectivity index (χ0) is 18.3. The van der Waals surface area contributed by atoms with Crippen LogP contribution in [0.4, 0.5) is 5.69 Å². The normalized spacial score (nSPS) is 18.7. The molecule has 2 aliphatic heterocycles. The number of rotatable bonds is 3. The number of cyclic esters (lactones) is 1. The fraction of sp³-hybridized carbons (Fsp3) is 0.158. The molecule has 2 heterocycles. The maximum absolute atomic E-state index is 12.5. The summed E-state index contributed by atoms with van der Waals surface area (Å²) in [6.07, 6.45) is -0.617. The lowest BCUT2D eigenvalue weighted by atomic mass is 10.1. The van der Waals surface area contributed by atoms with Crippen molar-refractivity contribution in [1.82, 2.24) is 0 Å². The Bertz CT molecular complexity index is 916. The zero-order valence-electron chi connectivity index (χ0n) is 13.5. The summed E-state index contributed by atoms with van der Waals surface area (Å²) in [5.41, 5.74) is 1.04. The molecule has 2 amide bonds. The van der Waals surface area contributed by atoms with E-state index < -0.39 is 29.9 Å². The molecule has 130 valence electrons. The molecule has 7 nitrogen and oxygen atoms in total. The van der Waals surface area contributed by atoms with Crippen LogP contribution < -0.4 is 4.90 Å². The zero-order valence-corrected chi connectivity index (χ0v) is 13.5. The minimum absolute atomic E-state index is 0.138. The molecule has 7 heteroatoms. The number of hydrogen-bond acceptors (Lipinski definition) is 6. The second-order valence-electron chi connectivity index (χ2n) is 5.89. The third kappa shape index (κ3) is 2.54. The van der Waals surface area contributed by atoms with Gasteiger partial charge >= 0.3 is 11.9 Å². The maximum Gasteiger partial charge on any atom is 0.347 e. The molecule has 0 aromatic heterocycles. The van der Waals surface area contributed by atoms with Crippen molar-refractivity contribution in [2.75, 3.05) is 11.5 Å². The molecular formula is C19H13NO6. The van der Waals surface area contributed by atoms with Crippen molar-refractivity contribution in [3.63, 3.8) is 0 Å². The molecule has 0 radical (unpaired) electrons. The van der Waals surface area contributed by atoms with Crippen molar-refractivity contribution >= 4 is 29.4 Å². The molecule has 0 spiro atoms. The summed E-state index contributed by atoms with van der Waals surface area (Å²) in [5.74, 6) is -2.19. The number of esters is 2. The van der Waals surface area contributed by atoms with Gasteiger partial charge in [-0.15, -0.1) is 0 Å². The summed E-state index contributed by atoms with van der Waals surface area (Å²) in [6.45, 7) is 0.214. The minimum Gasteiger partial charge on any atom is -0.463 e. The average Bonchev–Trinajstić information content (AvgIpc) is 3.17. The Morgan fingerprint density at radius 1 is 1.00 bits per heavy atom. The molecule has 1 atom stereocenters. The first-order valence-electron chi connectivity index (χ1n) is 8.02. The monoisotopic (exact) mass is 351 g/mol. The number of fused-ring (bicyclic) bond motifs is 1. The van der Waals surface area contributed by atoms with Gasteiger partial charge in [-0.25, -0.2) is 14.5 Å². The maximum atomic E-state index is 12.5. The molecule has 1 unspecified atom stereocenters. The lowest BCUT2D eigenvalue weighted by molar-refractivity contribution is -0.145. The SMILES string of the molecule is O=C(OC1CCOC1=O)c1cccc(N2C(=O)c3ccccc3C2=O)c1. The number of ether oxygens (including phenoxy) is 2. The smallest absolute Gasteiger partial charge is 0.347 e. The van der Waals surface area contributed by atoms with Crippen LogP contribution in [-0.4, -0.2) is 36.5 Å². The first-order chi connectivity index (χ1) is 12.6. The Kier molecular flexibility index (Phi) is 3.76. The topological polar surface area (TPSA) is 90.0 Å². The van der Waals surface area contributed by atoms with Gasteiger partial charge in [-0.3, -0.25) is 9.59 Å². The summed E-state index contributed by atoms with van der Waals surface area (Å²) in [5, 5.41) is 0. The predicted molar refractivity (Wildman–Crippen MR) is 88.8 cm³/mol. The molecule has 2 aromatic carbocycles. The Balaban J connectivity index is 1.61. The highest BCUT2D eigenvalue weighted by Crippen LogP contribution is 2.29. The molecule has 0 N–H and O–H groups in total. The van der Waals surface area contributed by atoms with Crippen LogP contribution in [0.15, 0.2) is 48.5 Å². The molecular weight excluding hydrogens is 338 g/mol. The van der Waals surface area contributed by atoms with E-state index in [4.69, 9.17) is 9.47 Å². The van der Waals surface area contributed by atoms with E-state index in [1.807, 2.05) is 0 Å². The van der Waals surface area contributed by atoms with Crippen LogP contribution in [0.3, 0.4) is 0 Å². The van der Waals surface area contributed by atoms with Gasteiger partial charge in [-0.05, 0) is 30.3 Å². The molecule has 4 rings (SSSR count). The first kappa shape index (κ1) is 16.0. The van der Waals surface area contributed by atoms with Gasteiger partial charge in [0, 0.05) is 6.42 Å². The summed E-state index contributed by atoms with van der Waals surface area (Å²) in [6, 6.07) is 12.5. The van der Waals surface area contributed by atoms with Crippen molar-refractivity contribution < 1.29 is 28.7 Å². The van der Waals surface area contributed by atoms with E-state index in [-0.39, 0.29) is 17.9 Å². The van der Waals surface area contributed by atoms with Crippen LogP contribution >= 0.6 is 0 Å². The second kappa shape index (κ2) is 6.11. The van der Waals surface area contributed by atoms with Gasteiger partial charge in [0.15, 0.2) is 0 Å². The number of anilines is 1. The van der Waals surface area contributed by atoms with Gasteiger partial charge in [-0.1, -0.05) is 18.2 Å².